The molecule has 38 heavy (non-hydrogen) atoms. The van der Waals surface area contributed by atoms with Crippen LogP contribution in [0, 0.1) is 6.92 Å². The van der Waals surface area contributed by atoms with Crippen molar-refractivity contribution in [2.24, 2.45) is 0 Å². The number of Topliss-reactive ketones (excluding diaryl/α,β-unsaturated/α-hetero) is 1. The highest BCUT2D eigenvalue weighted by molar-refractivity contribution is 6.46. The van der Waals surface area contributed by atoms with E-state index in [1.165, 1.54) is 6.20 Å². The molecule has 1 N–H and O–H groups in total. The lowest BCUT2D eigenvalue weighted by molar-refractivity contribution is -0.140. The molecule has 198 valence electrons. The first-order valence-electron chi connectivity index (χ1n) is 12.8. The molecule has 2 aliphatic rings. The second-order valence-corrected chi connectivity index (χ2v) is 9.46. The molecule has 1 aromatic heterocycles. The number of aliphatic hydroxyl groups excluding tert-OH is 1. The van der Waals surface area contributed by atoms with Crippen molar-refractivity contribution < 1.29 is 24.2 Å². The van der Waals surface area contributed by atoms with E-state index in [4.69, 9.17) is 9.47 Å². The van der Waals surface area contributed by atoms with E-state index in [9.17, 15) is 14.7 Å². The standard InChI is InChI=1S/C29H32N4O5/c1-20-24(19-30-33(20)22-7-4-3-5-8-22)27(34)25-26(21-9-11-23(37-2)12-10-21)32(29(36)28(25)35)14-6-13-31-15-17-38-18-16-31/h3-5,7-12,19,26,34H,6,13-18H2,1-2H3/b27-25+/t26-/m0/s1. The molecule has 0 bridgehead atoms. The van der Waals surface area contributed by atoms with Gasteiger partial charge in [-0.3, -0.25) is 14.5 Å². The Morgan fingerprint density at radius 2 is 1.76 bits per heavy atom. The van der Waals surface area contributed by atoms with Crippen molar-refractivity contribution in [3.8, 4) is 11.4 Å². The van der Waals surface area contributed by atoms with Gasteiger partial charge in [0.05, 0.1) is 55.1 Å². The lowest BCUT2D eigenvalue weighted by Crippen LogP contribution is -2.38. The Bertz CT molecular complexity index is 1330. The van der Waals surface area contributed by atoms with E-state index in [0.717, 1.165) is 30.9 Å². The van der Waals surface area contributed by atoms with Crippen molar-refractivity contribution >= 4 is 17.4 Å². The van der Waals surface area contributed by atoms with Crippen LogP contribution >= 0.6 is 0 Å². The number of methoxy groups -OCH3 is 1. The molecular formula is C29H32N4O5. The molecule has 2 aromatic carbocycles. The molecule has 3 heterocycles. The van der Waals surface area contributed by atoms with Gasteiger partial charge in [0.1, 0.15) is 11.5 Å². The zero-order valence-corrected chi connectivity index (χ0v) is 21.7. The summed E-state index contributed by atoms with van der Waals surface area (Å²) < 4.78 is 12.4. The van der Waals surface area contributed by atoms with Gasteiger partial charge in [-0.25, -0.2) is 4.68 Å². The first-order chi connectivity index (χ1) is 18.5. The van der Waals surface area contributed by atoms with Crippen LogP contribution in [0.4, 0.5) is 0 Å². The van der Waals surface area contributed by atoms with Crippen LogP contribution in [-0.2, 0) is 14.3 Å². The van der Waals surface area contributed by atoms with Crippen LogP contribution in [0.5, 0.6) is 5.75 Å². The highest BCUT2D eigenvalue weighted by atomic mass is 16.5. The topological polar surface area (TPSA) is 97.1 Å². The summed E-state index contributed by atoms with van der Waals surface area (Å²) in [7, 11) is 1.58. The minimum Gasteiger partial charge on any atom is -0.507 e. The van der Waals surface area contributed by atoms with Crippen molar-refractivity contribution in [2.75, 3.05) is 46.5 Å². The van der Waals surface area contributed by atoms with E-state index in [2.05, 4.69) is 10.00 Å². The van der Waals surface area contributed by atoms with Gasteiger partial charge in [0.2, 0.25) is 0 Å². The molecule has 5 rings (SSSR count). The lowest BCUT2D eigenvalue weighted by Gasteiger charge is -2.29. The quantitative estimate of drug-likeness (QED) is 0.279. The second-order valence-electron chi connectivity index (χ2n) is 9.46. The first kappa shape index (κ1) is 25.7. The third kappa shape index (κ3) is 4.94. The molecule has 0 saturated carbocycles. The number of ether oxygens (including phenoxy) is 2. The Balaban J connectivity index is 1.51. The Hall–Kier alpha value is -3.95. The number of aliphatic hydroxyl groups is 1. The van der Waals surface area contributed by atoms with Crippen LogP contribution in [0.2, 0.25) is 0 Å². The SMILES string of the molecule is COc1ccc([C@H]2/C(=C(\O)c3cnn(-c4ccccc4)c3C)C(=O)C(=O)N2CCCN2CCOCC2)cc1. The smallest absolute Gasteiger partial charge is 0.295 e. The maximum Gasteiger partial charge on any atom is 0.295 e. The number of carbonyl (C=O) groups is 2. The third-order valence-electron chi connectivity index (χ3n) is 7.21. The predicted octanol–water partition coefficient (Wildman–Crippen LogP) is 3.33. The van der Waals surface area contributed by atoms with Crippen molar-refractivity contribution in [1.82, 2.24) is 19.6 Å². The Kier molecular flexibility index (Phi) is 7.57. The van der Waals surface area contributed by atoms with Gasteiger partial charge >= 0.3 is 0 Å². The van der Waals surface area contributed by atoms with Crippen LogP contribution in [0.1, 0.15) is 29.3 Å². The zero-order chi connectivity index (χ0) is 26.6. The number of likely N-dealkylation sites (tertiary alicyclic amines) is 1. The van der Waals surface area contributed by atoms with Gasteiger partial charge in [0.15, 0.2) is 0 Å². The van der Waals surface area contributed by atoms with E-state index in [-0.39, 0.29) is 11.3 Å². The fourth-order valence-corrected chi connectivity index (χ4v) is 5.15. The number of aromatic nitrogens is 2. The molecule has 0 spiro atoms. The number of benzene rings is 2. The van der Waals surface area contributed by atoms with Crippen LogP contribution in [-0.4, -0.2) is 82.9 Å². The largest absolute Gasteiger partial charge is 0.507 e. The lowest BCUT2D eigenvalue weighted by atomic mass is 9.95. The summed E-state index contributed by atoms with van der Waals surface area (Å²) in [5.74, 6) is -0.860. The molecule has 1 amide bonds. The molecule has 9 heteroatoms. The molecule has 2 saturated heterocycles. The molecular weight excluding hydrogens is 484 g/mol. The highest BCUT2D eigenvalue weighted by Crippen LogP contribution is 2.40. The van der Waals surface area contributed by atoms with Crippen LogP contribution in [0.15, 0.2) is 66.4 Å². The fourth-order valence-electron chi connectivity index (χ4n) is 5.15. The fraction of sp³-hybridized carbons (Fsp3) is 0.345. The number of nitrogens with zero attached hydrogens (tertiary/aromatic N) is 4. The summed E-state index contributed by atoms with van der Waals surface area (Å²) in [6.07, 6.45) is 2.24. The van der Waals surface area contributed by atoms with Gasteiger partial charge in [-0.1, -0.05) is 30.3 Å². The summed E-state index contributed by atoms with van der Waals surface area (Å²) >= 11 is 0. The van der Waals surface area contributed by atoms with Crippen LogP contribution in [0.25, 0.3) is 11.4 Å². The molecule has 2 fully saturated rings. The Labute approximate surface area is 221 Å². The third-order valence-corrected chi connectivity index (χ3v) is 7.21. The van der Waals surface area contributed by atoms with Gasteiger partial charge in [0, 0.05) is 26.2 Å². The molecule has 3 aromatic rings. The Morgan fingerprint density at radius 3 is 2.45 bits per heavy atom. The van der Waals surface area contributed by atoms with Gasteiger partial charge < -0.3 is 19.5 Å². The number of morpholine rings is 1. The van der Waals surface area contributed by atoms with Gasteiger partial charge in [0.25, 0.3) is 11.7 Å². The minimum atomic E-state index is -0.718. The summed E-state index contributed by atoms with van der Waals surface area (Å²) in [4.78, 5) is 30.6. The summed E-state index contributed by atoms with van der Waals surface area (Å²) in [6, 6.07) is 16.1. The summed E-state index contributed by atoms with van der Waals surface area (Å²) in [5, 5.41) is 16.0. The van der Waals surface area contributed by atoms with E-state index in [0.29, 0.717) is 43.2 Å². The monoisotopic (exact) mass is 516 g/mol. The predicted molar refractivity (Wildman–Crippen MR) is 142 cm³/mol. The van der Waals surface area contributed by atoms with E-state index in [1.54, 1.807) is 28.8 Å². The zero-order valence-electron chi connectivity index (χ0n) is 21.7. The van der Waals surface area contributed by atoms with Gasteiger partial charge in [-0.2, -0.15) is 5.10 Å². The van der Waals surface area contributed by atoms with E-state index in [1.807, 2.05) is 49.4 Å². The van der Waals surface area contributed by atoms with Gasteiger partial charge in [-0.05, 0) is 43.2 Å². The van der Waals surface area contributed by atoms with Crippen molar-refractivity contribution in [2.45, 2.75) is 19.4 Å². The normalized spacial score (nSPS) is 19.7. The average Bonchev–Trinajstić information content (AvgIpc) is 3.46. The number of rotatable bonds is 8. The van der Waals surface area contributed by atoms with Crippen molar-refractivity contribution in [1.29, 1.82) is 0 Å². The van der Waals surface area contributed by atoms with Crippen LogP contribution in [0.3, 0.4) is 0 Å². The maximum absolute atomic E-state index is 13.4. The molecule has 9 nitrogen and oxygen atoms in total. The number of hydrogen-bond donors (Lipinski definition) is 1. The molecule has 2 aliphatic heterocycles. The van der Waals surface area contributed by atoms with Crippen molar-refractivity contribution in [3.05, 3.63) is 83.2 Å². The number of para-hydroxylation sites is 1. The molecule has 0 radical (unpaired) electrons. The maximum atomic E-state index is 13.4. The van der Waals surface area contributed by atoms with E-state index < -0.39 is 17.7 Å². The first-order valence-corrected chi connectivity index (χ1v) is 12.8. The number of amides is 1. The highest BCUT2D eigenvalue weighted by Gasteiger charge is 2.46. The molecule has 0 aliphatic carbocycles. The second kappa shape index (κ2) is 11.2. The minimum absolute atomic E-state index is 0.0715. The van der Waals surface area contributed by atoms with Crippen LogP contribution < -0.4 is 4.74 Å². The number of ketones is 1. The molecule has 1 atom stereocenters. The van der Waals surface area contributed by atoms with Gasteiger partial charge in [-0.15, -0.1) is 0 Å². The average molecular weight is 517 g/mol. The summed E-state index contributed by atoms with van der Waals surface area (Å²) in [6.45, 7) is 6.12. The number of hydrogen-bond acceptors (Lipinski definition) is 7. The summed E-state index contributed by atoms with van der Waals surface area (Å²) in [5.41, 5.74) is 2.71. The van der Waals surface area contributed by atoms with E-state index >= 15 is 0 Å². The van der Waals surface area contributed by atoms with Crippen molar-refractivity contribution in [3.63, 3.8) is 0 Å². The Morgan fingerprint density at radius 1 is 1.05 bits per heavy atom. The molecule has 0 unspecified atom stereocenters. The number of carbonyl (C=O) groups excluding carboxylic acids is 2.